The number of esters is 1. The molecular weight excluding hydrogens is 521 g/mol. The van der Waals surface area contributed by atoms with Gasteiger partial charge in [-0.05, 0) is 43.2 Å². The lowest BCUT2D eigenvalue weighted by molar-refractivity contribution is -0.356. The molecule has 3 unspecified atom stereocenters. The summed E-state index contributed by atoms with van der Waals surface area (Å²) in [5.41, 5.74) is -6.24. The Morgan fingerprint density at radius 2 is 1.69 bits per heavy atom. The van der Waals surface area contributed by atoms with E-state index in [1.165, 1.54) is 0 Å². The van der Waals surface area contributed by atoms with Crippen molar-refractivity contribution < 1.29 is 58.4 Å². The van der Waals surface area contributed by atoms with Gasteiger partial charge in [0.05, 0.1) is 7.85 Å². The van der Waals surface area contributed by atoms with Crippen molar-refractivity contribution in [2.75, 3.05) is 12.4 Å². The molecule has 7 nitrogen and oxygen atoms in total. The summed E-state index contributed by atoms with van der Waals surface area (Å²) >= 11 is 0. The molecule has 1 N–H and O–H groups in total. The lowest BCUT2D eigenvalue weighted by Crippen LogP contribution is -2.63. The number of carbonyl (C=O) groups is 2. The van der Waals surface area contributed by atoms with Gasteiger partial charge in [0.1, 0.15) is 23.7 Å². The quantitative estimate of drug-likeness (QED) is 0.220. The fourth-order valence-corrected chi connectivity index (χ4v) is 5.72. The average Bonchev–Trinajstić information content (AvgIpc) is 3.38. The number of alkyl halides is 6. The van der Waals surface area contributed by atoms with E-state index in [9.17, 15) is 44.3 Å². The van der Waals surface area contributed by atoms with Crippen LogP contribution in [0.15, 0.2) is 18.2 Å². The van der Waals surface area contributed by atoms with Crippen LogP contribution in [0.4, 0.5) is 26.3 Å². The van der Waals surface area contributed by atoms with E-state index >= 15 is 0 Å². The first-order valence-electron chi connectivity index (χ1n) is 10.8. The van der Waals surface area contributed by atoms with Crippen molar-refractivity contribution in [3.63, 3.8) is 0 Å². The zero-order chi connectivity index (χ0) is 27.1. The minimum absolute atomic E-state index is 0.149. The van der Waals surface area contributed by atoms with E-state index in [1.54, 1.807) is 0 Å². The first kappa shape index (κ1) is 28.3. The van der Waals surface area contributed by atoms with Crippen LogP contribution in [0.1, 0.15) is 41.6 Å². The number of halogens is 6. The topological polar surface area (TPSA) is 107 Å². The maximum absolute atomic E-state index is 13.5. The van der Waals surface area contributed by atoms with Crippen molar-refractivity contribution in [3.8, 4) is 5.75 Å². The summed E-state index contributed by atoms with van der Waals surface area (Å²) in [7, 11) is -0.445. The number of fused-ring (bicyclic) bond motifs is 2. The normalized spacial score (nSPS) is 22.5. The van der Waals surface area contributed by atoms with Gasteiger partial charge in [0.25, 0.3) is 10.1 Å². The van der Waals surface area contributed by atoms with Gasteiger partial charge in [-0.15, -0.1) is 0 Å². The zero-order valence-electron chi connectivity index (χ0n) is 18.6. The minimum atomic E-state index is -6.48. The van der Waals surface area contributed by atoms with E-state index in [0.717, 1.165) is 37.5 Å². The number of carbonyl (C=O) groups excluding carboxylic acids is 2. The van der Waals surface area contributed by atoms with Gasteiger partial charge in [-0.25, -0.2) is 4.79 Å². The number of rotatable bonds is 9. The minimum Gasteiger partial charge on any atom is -0.485 e. The van der Waals surface area contributed by atoms with Crippen LogP contribution in [0.3, 0.4) is 0 Å². The predicted octanol–water partition coefficient (Wildman–Crippen LogP) is 3.65. The second-order valence-corrected chi connectivity index (χ2v) is 10.5. The number of ether oxygens (including phenoxy) is 2. The highest BCUT2D eigenvalue weighted by Crippen LogP contribution is 2.49. The summed E-state index contributed by atoms with van der Waals surface area (Å²) in [6, 6.07) is 2.94. The maximum Gasteiger partial charge on any atom is 0.438 e. The van der Waals surface area contributed by atoms with Crippen molar-refractivity contribution in [3.05, 3.63) is 29.3 Å². The molecule has 0 amide bonds. The van der Waals surface area contributed by atoms with Gasteiger partial charge in [-0.3, -0.25) is 9.35 Å². The molecule has 198 valence electrons. The summed E-state index contributed by atoms with van der Waals surface area (Å²) in [5.74, 6) is -5.86. The third-order valence-corrected chi connectivity index (χ3v) is 7.36. The van der Waals surface area contributed by atoms with E-state index in [0.29, 0.717) is 12.3 Å². The second kappa shape index (κ2) is 9.88. The van der Waals surface area contributed by atoms with E-state index in [-0.39, 0.29) is 29.5 Å². The maximum atomic E-state index is 13.5. The van der Waals surface area contributed by atoms with Gasteiger partial charge < -0.3 is 9.47 Å². The summed E-state index contributed by atoms with van der Waals surface area (Å²) in [6.07, 6.45) is -9.69. The Balaban J connectivity index is 1.91. The number of Topliss-reactive ketones (excluding diaryl/α,β-unsaturated/α-hetero) is 1. The lowest BCUT2D eigenvalue weighted by atomic mass is 9.86. The Labute approximate surface area is 203 Å². The Kier molecular flexibility index (Phi) is 7.76. The highest BCUT2D eigenvalue weighted by atomic mass is 32.2. The third-order valence-electron chi connectivity index (χ3n) is 6.59. The molecule has 0 heterocycles. The molecule has 2 aliphatic carbocycles. The fraction of sp³-hybridized carbons (Fsp3) is 0.619. The zero-order valence-corrected chi connectivity index (χ0v) is 19.4. The highest BCUT2D eigenvalue weighted by molar-refractivity contribution is 7.85. The van der Waals surface area contributed by atoms with Gasteiger partial charge in [-0.2, -0.15) is 34.8 Å². The average molecular weight is 542 g/mol. The molecular formula is C21H21BF6O7S. The van der Waals surface area contributed by atoms with Crippen LogP contribution in [-0.2, 0) is 26.0 Å². The number of benzene rings is 1. The Hall–Kier alpha value is -2.29. The van der Waals surface area contributed by atoms with E-state index in [2.05, 4.69) is 4.74 Å². The van der Waals surface area contributed by atoms with Crippen LogP contribution in [0.25, 0.3) is 0 Å². The molecule has 0 saturated heterocycles. The standard InChI is InChI=1S/C21H21BF6O7S/c22-8-12-2-4-14(17(7-12)34-9-16(29)15-6-11-1-3-13(15)5-11)18(30)35-19(20(23,24)25,21(26,27)28)10-36(31,32)33/h2,4,7,11,13,15H,1,3,5-6,8-10H2,(H,31,32,33). The first-order valence-corrected chi connectivity index (χ1v) is 12.4. The van der Waals surface area contributed by atoms with Gasteiger partial charge >= 0.3 is 23.9 Å². The molecule has 0 aromatic heterocycles. The lowest BCUT2D eigenvalue weighted by Gasteiger charge is -2.35. The van der Waals surface area contributed by atoms with Gasteiger partial charge in [-0.1, -0.05) is 24.4 Å². The Morgan fingerprint density at radius 3 is 2.17 bits per heavy atom. The third kappa shape index (κ3) is 5.82. The molecule has 2 aliphatic rings. The van der Waals surface area contributed by atoms with Crippen LogP contribution in [-0.4, -0.2) is 62.9 Å². The van der Waals surface area contributed by atoms with Crippen LogP contribution in [0.5, 0.6) is 5.75 Å². The van der Waals surface area contributed by atoms with Crippen LogP contribution in [0.2, 0.25) is 0 Å². The molecule has 2 radical (unpaired) electrons. The molecule has 2 bridgehead atoms. The molecule has 2 fully saturated rings. The van der Waals surface area contributed by atoms with Crippen molar-refractivity contribution in [1.82, 2.24) is 0 Å². The van der Waals surface area contributed by atoms with Crippen LogP contribution < -0.4 is 4.74 Å². The molecule has 2 saturated carbocycles. The summed E-state index contributed by atoms with van der Waals surface area (Å²) in [5, 5.41) is 0. The van der Waals surface area contributed by atoms with Crippen molar-refractivity contribution in [2.24, 2.45) is 17.8 Å². The summed E-state index contributed by atoms with van der Waals surface area (Å²) < 4.78 is 121. The largest absolute Gasteiger partial charge is 0.485 e. The Morgan fingerprint density at radius 1 is 1.06 bits per heavy atom. The van der Waals surface area contributed by atoms with Crippen molar-refractivity contribution >= 4 is 29.7 Å². The molecule has 1 aromatic carbocycles. The van der Waals surface area contributed by atoms with Crippen molar-refractivity contribution in [1.29, 1.82) is 0 Å². The van der Waals surface area contributed by atoms with Crippen LogP contribution >= 0.6 is 0 Å². The number of ketones is 1. The Bertz CT molecular complexity index is 1100. The molecule has 0 aliphatic heterocycles. The molecule has 36 heavy (non-hydrogen) atoms. The fourth-order valence-electron chi connectivity index (χ4n) is 4.82. The molecule has 3 atom stereocenters. The number of hydrogen-bond donors (Lipinski definition) is 1. The van der Waals surface area contributed by atoms with Gasteiger partial charge in [0.2, 0.25) is 0 Å². The van der Waals surface area contributed by atoms with E-state index in [1.807, 2.05) is 0 Å². The van der Waals surface area contributed by atoms with Gasteiger partial charge in [0.15, 0.2) is 5.78 Å². The van der Waals surface area contributed by atoms with E-state index < -0.39 is 57.7 Å². The molecule has 1 aromatic rings. The smallest absolute Gasteiger partial charge is 0.438 e. The SMILES string of the molecule is [B]Cc1ccc(C(=O)OC(CS(=O)(=O)O)(C(F)(F)F)C(F)(F)F)c(OCC(=O)C2CC3CCC2C3)c1. The first-order chi connectivity index (χ1) is 16.5. The molecule has 0 spiro atoms. The number of hydrogen-bond acceptors (Lipinski definition) is 6. The highest BCUT2D eigenvalue weighted by Gasteiger charge is 2.76. The molecule has 3 rings (SSSR count). The monoisotopic (exact) mass is 542 g/mol. The predicted molar refractivity (Wildman–Crippen MR) is 112 cm³/mol. The van der Waals surface area contributed by atoms with Crippen LogP contribution in [0, 0.1) is 17.8 Å². The van der Waals surface area contributed by atoms with Gasteiger partial charge in [0, 0.05) is 5.92 Å². The summed E-state index contributed by atoms with van der Waals surface area (Å²) in [6.45, 7) is -0.600. The van der Waals surface area contributed by atoms with E-state index in [4.69, 9.17) is 17.1 Å². The molecule has 15 heteroatoms. The van der Waals surface area contributed by atoms with Crippen molar-refractivity contribution in [2.45, 2.75) is 50.0 Å². The summed E-state index contributed by atoms with van der Waals surface area (Å²) in [4.78, 5) is 25.2. The second-order valence-electron chi connectivity index (χ2n) is 9.01.